The second kappa shape index (κ2) is 4.98. The molecular weight excluding hydrogens is 278 g/mol. The Bertz CT molecular complexity index is 480. The number of halogens is 6. The van der Waals surface area contributed by atoms with Gasteiger partial charge in [0.15, 0.2) is 0 Å². The van der Waals surface area contributed by atoms with Gasteiger partial charge < -0.3 is 11.1 Å². The van der Waals surface area contributed by atoms with E-state index < -0.39 is 35.9 Å². The Kier molecular flexibility index (Phi) is 3.97. The van der Waals surface area contributed by atoms with Crippen molar-refractivity contribution in [3.63, 3.8) is 0 Å². The molecule has 0 heterocycles. The number of benzene rings is 1. The fourth-order valence-electron chi connectivity index (χ4n) is 1.20. The van der Waals surface area contributed by atoms with Gasteiger partial charge in [-0.3, -0.25) is 4.79 Å². The maximum absolute atomic E-state index is 12.4. The van der Waals surface area contributed by atoms with Crippen molar-refractivity contribution in [1.29, 1.82) is 0 Å². The number of carbonyl (C=O) groups excluding carboxylic acids is 1. The number of amides is 1. The third-order valence-corrected chi connectivity index (χ3v) is 2.07. The zero-order chi connectivity index (χ0) is 14.8. The minimum Gasteiger partial charge on any atom is -0.398 e. The van der Waals surface area contributed by atoms with Crippen LogP contribution < -0.4 is 11.1 Å². The molecule has 0 bridgehead atoms. The lowest BCUT2D eigenvalue weighted by molar-refractivity contribution is -0.137. The molecular formula is C10H8F6N2O. The molecule has 1 aromatic rings. The molecule has 0 aromatic heterocycles. The molecule has 3 N–H and O–H groups in total. The quantitative estimate of drug-likeness (QED) is 0.648. The van der Waals surface area contributed by atoms with Gasteiger partial charge in [-0.05, 0) is 18.2 Å². The van der Waals surface area contributed by atoms with Crippen molar-refractivity contribution in [3.8, 4) is 0 Å². The average molecular weight is 286 g/mol. The zero-order valence-corrected chi connectivity index (χ0v) is 9.19. The topological polar surface area (TPSA) is 55.1 Å². The number of carbonyl (C=O) groups is 1. The zero-order valence-electron chi connectivity index (χ0n) is 9.19. The fraction of sp³-hybridized carbons (Fsp3) is 0.300. The molecule has 1 aromatic carbocycles. The highest BCUT2D eigenvalue weighted by Gasteiger charge is 2.32. The van der Waals surface area contributed by atoms with Crippen LogP contribution in [0.3, 0.4) is 0 Å². The van der Waals surface area contributed by atoms with Gasteiger partial charge in [0.1, 0.15) is 6.54 Å². The van der Waals surface area contributed by atoms with Crippen LogP contribution in [0.2, 0.25) is 0 Å². The Morgan fingerprint density at radius 3 is 2.21 bits per heavy atom. The number of nitrogens with one attached hydrogen (secondary N) is 1. The van der Waals surface area contributed by atoms with E-state index >= 15 is 0 Å². The van der Waals surface area contributed by atoms with E-state index in [1.54, 1.807) is 0 Å². The monoisotopic (exact) mass is 286 g/mol. The van der Waals surface area contributed by atoms with Crippen molar-refractivity contribution in [3.05, 3.63) is 29.3 Å². The highest BCUT2D eigenvalue weighted by Crippen LogP contribution is 2.31. The van der Waals surface area contributed by atoms with Gasteiger partial charge >= 0.3 is 12.4 Å². The first-order valence-corrected chi connectivity index (χ1v) is 4.82. The van der Waals surface area contributed by atoms with E-state index in [1.807, 2.05) is 0 Å². The normalized spacial score (nSPS) is 12.3. The van der Waals surface area contributed by atoms with Gasteiger partial charge in [0.25, 0.3) is 5.91 Å². The van der Waals surface area contributed by atoms with Crippen LogP contribution in [-0.2, 0) is 6.18 Å². The summed E-state index contributed by atoms with van der Waals surface area (Å²) in [5, 5.41) is 1.45. The van der Waals surface area contributed by atoms with Crippen molar-refractivity contribution in [1.82, 2.24) is 5.32 Å². The smallest absolute Gasteiger partial charge is 0.398 e. The minimum atomic E-state index is -4.72. The second-order valence-electron chi connectivity index (χ2n) is 3.60. The first kappa shape index (κ1) is 15.1. The van der Waals surface area contributed by atoms with Crippen molar-refractivity contribution in [2.75, 3.05) is 12.3 Å². The van der Waals surface area contributed by atoms with Gasteiger partial charge in [0.2, 0.25) is 0 Å². The molecule has 0 radical (unpaired) electrons. The van der Waals surface area contributed by atoms with Crippen LogP contribution in [0.1, 0.15) is 15.9 Å². The Balaban J connectivity index is 2.97. The van der Waals surface area contributed by atoms with Crippen molar-refractivity contribution in [2.24, 2.45) is 0 Å². The number of alkyl halides is 6. The standard InChI is InChI=1S/C10H8F6N2O/c11-9(12,13)4-18-8(19)6-3-5(10(14,15)16)1-2-7(6)17/h1-3H,4,17H2,(H,18,19). The molecule has 0 aliphatic heterocycles. The molecule has 0 fully saturated rings. The van der Waals surface area contributed by atoms with Crippen LogP contribution in [0.4, 0.5) is 32.0 Å². The summed E-state index contributed by atoms with van der Waals surface area (Å²) < 4.78 is 72.8. The summed E-state index contributed by atoms with van der Waals surface area (Å²) in [6.45, 7) is -1.65. The third kappa shape index (κ3) is 4.34. The van der Waals surface area contributed by atoms with Gasteiger partial charge in [0, 0.05) is 5.69 Å². The molecule has 1 rings (SSSR count). The lowest BCUT2D eigenvalue weighted by atomic mass is 10.1. The Labute approximate surface area is 103 Å². The summed E-state index contributed by atoms with van der Waals surface area (Å²) in [6, 6.07) is 1.85. The summed E-state index contributed by atoms with van der Waals surface area (Å²) in [7, 11) is 0. The van der Waals surface area contributed by atoms with Crippen LogP contribution in [0, 0.1) is 0 Å². The summed E-state index contributed by atoms with van der Waals surface area (Å²) in [4.78, 5) is 11.3. The Morgan fingerprint density at radius 2 is 1.74 bits per heavy atom. The third-order valence-electron chi connectivity index (χ3n) is 2.07. The number of nitrogen functional groups attached to an aromatic ring is 1. The lowest BCUT2D eigenvalue weighted by Crippen LogP contribution is -2.34. The largest absolute Gasteiger partial charge is 0.416 e. The number of nitrogens with two attached hydrogens (primary N) is 1. The van der Waals surface area contributed by atoms with E-state index in [1.165, 1.54) is 5.32 Å². The predicted octanol–water partition coefficient (Wildman–Crippen LogP) is 2.58. The summed E-state index contributed by atoms with van der Waals surface area (Å²) in [6.07, 6.45) is -9.38. The van der Waals surface area contributed by atoms with E-state index in [2.05, 4.69) is 0 Å². The molecule has 0 saturated heterocycles. The first-order valence-electron chi connectivity index (χ1n) is 4.82. The summed E-state index contributed by atoms with van der Waals surface area (Å²) in [5.41, 5.74) is 3.10. The van der Waals surface area contributed by atoms with Crippen LogP contribution >= 0.6 is 0 Å². The van der Waals surface area contributed by atoms with Gasteiger partial charge in [-0.15, -0.1) is 0 Å². The van der Waals surface area contributed by atoms with Crippen LogP contribution in [0.25, 0.3) is 0 Å². The van der Waals surface area contributed by atoms with E-state index in [0.717, 1.165) is 6.07 Å². The highest BCUT2D eigenvalue weighted by molar-refractivity contribution is 5.99. The molecule has 1 amide bonds. The molecule has 9 heteroatoms. The minimum absolute atomic E-state index is 0.340. The van der Waals surface area contributed by atoms with Gasteiger partial charge in [0.05, 0.1) is 11.1 Å². The van der Waals surface area contributed by atoms with E-state index in [-0.39, 0.29) is 5.69 Å². The van der Waals surface area contributed by atoms with Gasteiger partial charge in [-0.1, -0.05) is 0 Å². The number of anilines is 1. The molecule has 0 unspecified atom stereocenters. The molecule has 19 heavy (non-hydrogen) atoms. The average Bonchev–Trinajstić information content (AvgIpc) is 2.24. The SMILES string of the molecule is Nc1ccc(C(F)(F)F)cc1C(=O)NCC(F)(F)F. The van der Waals surface area contributed by atoms with Gasteiger partial charge in [-0.2, -0.15) is 26.3 Å². The van der Waals surface area contributed by atoms with Crippen LogP contribution in [-0.4, -0.2) is 18.6 Å². The maximum atomic E-state index is 12.4. The maximum Gasteiger partial charge on any atom is 0.416 e. The van der Waals surface area contributed by atoms with Crippen LogP contribution in [0.5, 0.6) is 0 Å². The predicted molar refractivity (Wildman–Crippen MR) is 54.2 cm³/mol. The molecule has 0 aliphatic rings. The summed E-state index contributed by atoms with van der Waals surface area (Å²) >= 11 is 0. The second-order valence-corrected chi connectivity index (χ2v) is 3.60. The number of hydrogen-bond donors (Lipinski definition) is 2. The van der Waals surface area contributed by atoms with Crippen LogP contribution in [0.15, 0.2) is 18.2 Å². The Hall–Kier alpha value is -1.93. The highest BCUT2D eigenvalue weighted by atomic mass is 19.4. The van der Waals surface area contributed by atoms with E-state index in [4.69, 9.17) is 5.73 Å². The Morgan fingerprint density at radius 1 is 1.16 bits per heavy atom. The number of rotatable bonds is 2. The fourth-order valence-corrected chi connectivity index (χ4v) is 1.20. The molecule has 0 aliphatic carbocycles. The molecule has 3 nitrogen and oxygen atoms in total. The first-order chi connectivity index (χ1) is 8.50. The number of hydrogen-bond acceptors (Lipinski definition) is 2. The molecule has 0 spiro atoms. The molecule has 106 valence electrons. The van der Waals surface area contributed by atoms with E-state index in [0.29, 0.717) is 12.1 Å². The molecule has 0 saturated carbocycles. The van der Waals surface area contributed by atoms with E-state index in [9.17, 15) is 31.1 Å². The van der Waals surface area contributed by atoms with Crippen molar-refractivity contribution < 1.29 is 31.1 Å². The molecule has 0 atom stereocenters. The van der Waals surface area contributed by atoms with Crippen molar-refractivity contribution in [2.45, 2.75) is 12.4 Å². The lowest BCUT2D eigenvalue weighted by Gasteiger charge is -2.12. The van der Waals surface area contributed by atoms with Gasteiger partial charge in [-0.25, -0.2) is 0 Å². The summed E-state index contributed by atoms with van der Waals surface area (Å²) in [5.74, 6) is -1.32. The van der Waals surface area contributed by atoms with Crippen molar-refractivity contribution >= 4 is 11.6 Å².